The second-order valence-electron chi connectivity index (χ2n) is 6.43. The molecule has 24 heavy (non-hydrogen) atoms. The third-order valence-electron chi connectivity index (χ3n) is 4.48. The molecule has 1 unspecified atom stereocenters. The summed E-state index contributed by atoms with van der Waals surface area (Å²) >= 11 is 0. The number of aryl methyl sites for hydroxylation is 1. The average molecular weight is 324 g/mol. The first-order valence-corrected chi connectivity index (χ1v) is 8.48. The highest BCUT2D eigenvalue weighted by Crippen LogP contribution is 2.31. The summed E-state index contributed by atoms with van der Waals surface area (Å²) in [5.74, 6) is 1.04. The van der Waals surface area contributed by atoms with Crippen LogP contribution in [0.15, 0.2) is 42.7 Å². The van der Waals surface area contributed by atoms with Crippen LogP contribution >= 0.6 is 0 Å². The van der Waals surface area contributed by atoms with Crippen LogP contribution in [0.4, 0.5) is 5.82 Å². The van der Waals surface area contributed by atoms with Crippen LogP contribution in [0.25, 0.3) is 0 Å². The van der Waals surface area contributed by atoms with Crippen LogP contribution in [0.3, 0.4) is 0 Å². The van der Waals surface area contributed by atoms with E-state index in [4.69, 9.17) is 0 Å². The Morgan fingerprint density at radius 1 is 1.25 bits per heavy atom. The SMILES string of the molecule is CN(C)c1cncc(C2CCCN2C(=O)CCc2ccccc2)n1. The zero-order chi connectivity index (χ0) is 16.9. The Morgan fingerprint density at radius 3 is 2.79 bits per heavy atom. The number of nitrogens with zero attached hydrogens (tertiary/aromatic N) is 4. The molecule has 0 radical (unpaired) electrons. The second kappa shape index (κ2) is 7.43. The van der Waals surface area contributed by atoms with E-state index in [1.807, 2.05) is 42.1 Å². The molecule has 3 rings (SSSR count). The minimum absolute atomic E-state index is 0.0562. The molecule has 0 spiro atoms. The van der Waals surface area contributed by atoms with Gasteiger partial charge in [-0.15, -0.1) is 0 Å². The van der Waals surface area contributed by atoms with Gasteiger partial charge in [0.25, 0.3) is 0 Å². The van der Waals surface area contributed by atoms with Crippen molar-refractivity contribution in [3.05, 3.63) is 54.0 Å². The van der Waals surface area contributed by atoms with Crippen LogP contribution in [0.1, 0.15) is 36.6 Å². The van der Waals surface area contributed by atoms with Crippen LogP contribution in [0.5, 0.6) is 0 Å². The van der Waals surface area contributed by atoms with Crippen molar-refractivity contribution in [2.75, 3.05) is 25.5 Å². The molecule has 1 saturated heterocycles. The van der Waals surface area contributed by atoms with Crippen LogP contribution < -0.4 is 4.90 Å². The molecule has 0 aliphatic carbocycles. The van der Waals surface area contributed by atoms with Crippen LogP contribution in [0, 0.1) is 0 Å². The highest BCUT2D eigenvalue weighted by Gasteiger charge is 2.31. The number of benzene rings is 1. The fraction of sp³-hybridized carbons (Fsp3) is 0.421. The van der Waals surface area contributed by atoms with Gasteiger partial charge in [0.05, 0.1) is 24.1 Å². The largest absolute Gasteiger partial charge is 0.361 e. The van der Waals surface area contributed by atoms with Crippen molar-refractivity contribution in [1.82, 2.24) is 14.9 Å². The van der Waals surface area contributed by atoms with Crippen molar-refractivity contribution in [2.24, 2.45) is 0 Å². The summed E-state index contributed by atoms with van der Waals surface area (Å²) in [6.07, 6.45) is 6.85. The molecule has 2 heterocycles. The molecule has 1 aliphatic rings. The van der Waals surface area contributed by atoms with E-state index in [1.54, 1.807) is 12.4 Å². The predicted molar refractivity (Wildman–Crippen MR) is 94.8 cm³/mol. The molecule has 0 N–H and O–H groups in total. The fourth-order valence-corrected chi connectivity index (χ4v) is 3.16. The number of anilines is 1. The van der Waals surface area contributed by atoms with Gasteiger partial charge in [-0.05, 0) is 24.8 Å². The number of hydrogen-bond acceptors (Lipinski definition) is 4. The van der Waals surface area contributed by atoms with Crippen LogP contribution in [-0.2, 0) is 11.2 Å². The van der Waals surface area contributed by atoms with Gasteiger partial charge < -0.3 is 9.80 Å². The highest BCUT2D eigenvalue weighted by atomic mass is 16.2. The molecule has 5 nitrogen and oxygen atoms in total. The fourth-order valence-electron chi connectivity index (χ4n) is 3.16. The Labute approximate surface area is 143 Å². The number of amides is 1. The number of carbonyl (C=O) groups excluding carboxylic acids is 1. The third-order valence-corrected chi connectivity index (χ3v) is 4.48. The molecule has 5 heteroatoms. The standard InChI is InChI=1S/C19H24N4O/c1-22(2)18-14-20-13-16(21-18)17-9-6-12-23(17)19(24)11-10-15-7-4-3-5-8-15/h3-5,7-8,13-14,17H,6,9-12H2,1-2H3. The van der Waals surface area contributed by atoms with Gasteiger partial charge in [0.2, 0.25) is 5.91 Å². The number of hydrogen-bond donors (Lipinski definition) is 0. The van der Waals surface area contributed by atoms with E-state index in [2.05, 4.69) is 22.1 Å². The zero-order valence-corrected chi connectivity index (χ0v) is 14.4. The van der Waals surface area contributed by atoms with Crippen molar-refractivity contribution >= 4 is 11.7 Å². The summed E-state index contributed by atoms with van der Waals surface area (Å²) in [5.41, 5.74) is 2.10. The normalized spacial score (nSPS) is 17.1. The third kappa shape index (κ3) is 3.72. The number of carbonyl (C=O) groups is 1. The Balaban J connectivity index is 1.68. The molecular weight excluding hydrogens is 300 g/mol. The highest BCUT2D eigenvalue weighted by molar-refractivity contribution is 5.77. The van der Waals surface area contributed by atoms with E-state index < -0.39 is 0 Å². The summed E-state index contributed by atoms with van der Waals surface area (Å²) in [4.78, 5) is 25.6. The summed E-state index contributed by atoms with van der Waals surface area (Å²) < 4.78 is 0. The predicted octanol–water partition coefficient (Wildman–Crippen LogP) is 2.84. The Kier molecular flexibility index (Phi) is 5.08. The minimum atomic E-state index is 0.0562. The van der Waals surface area contributed by atoms with E-state index in [-0.39, 0.29) is 11.9 Å². The molecule has 1 fully saturated rings. The van der Waals surface area contributed by atoms with E-state index in [9.17, 15) is 4.79 Å². The Morgan fingerprint density at radius 2 is 2.04 bits per heavy atom. The maximum absolute atomic E-state index is 12.7. The zero-order valence-electron chi connectivity index (χ0n) is 14.4. The first-order chi connectivity index (χ1) is 11.6. The Hall–Kier alpha value is -2.43. The van der Waals surface area contributed by atoms with Gasteiger partial charge >= 0.3 is 0 Å². The van der Waals surface area contributed by atoms with E-state index in [0.717, 1.165) is 37.3 Å². The van der Waals surface area contributed by atoms with Gasteiger partial charge in [-0.3, -0.25) is 9.78 Å². The lowest BCUT2D eigenvalue weighted by atomic mass is 10.1. The lowest BCUT2D eigenvalue weighted by Crippen LogP contribution is -2.31. The van der Waals surface area contributed by atoms with E-state index in [1.165, 1.54) is 5.56 Å². The monoisotopic (exact) mass is 324 g/mol. The minimum Gasteiger partial charge on any atom is -0.361 e. The van der Waals surface area contributed by atoms with Crippen molar-refractivity contribution in [1.29, 1.82) is 0 Å². The summed E-state index contributed by atoms with van der Waals surface area (Å²) in [5, 5.41) is 0. The number of rotatable bonds is 5. The number of aromatic nitrogens is 2. The summed E-state index contributed by atoms with van der Waals surface area (Å²) in [7, 11) is 3.90. The quantitative estimate of drug-likeness (QED) is 0.848. The maximum Gasteiger partial charge on any atom is 0.223 e. The molecule has 1 atom stereocenters. The molecule has 2 aromatic rings. The van der Waals surface area contributed by atoms with Crippen LogP contribution in [0.2, 0.25) is 0 Å². The molecule has 126 valence electrons. The van der Waals surface area contributed by atoms with Gasteiger partial charge in [0, 0.05) is 27.1 Å². The molecular formula is C19H24N4O. The van der Waals surface area contributed by atoms with Crippen molar-refractivity contribution in [3.8, 4) is 0 Å². The molecule has 1 amide bonds. The molecule has 1 aromatic heterocycles. The number of likely N-dealkylation sites (tertiary alicyclic amines) is 1. The molecule has 0 saturated carbocycles. The van der Waals surface area contributed by atoms with E-state index >= 15 is 0 Å². The molecule has 1 aliphatic heterocycles. The van der Waals surface area contributed by atoms with Crippen molar-refractivity contribution in [2.45, 2.75) is 31.7 Å². The van der Waals surface area contributed by atoms with Gasteiger partial charge in [-0.2, -0.15) is 0 Å². The van der Waals surface area contributed by atoms with Gasteiger partial charge in [0.15, 0.2) is 0 Å². The Bertz CT molecular complexity index is 687. The smallest absolute Gasteiger partial charge is 0.223 e. The first-order valence-electron chi connectivity index (χ1n) is 8.48. The van der Waals surface area contributed by atoms with E-state index in [0.29, 0.717) is 6.42 Å². The lowest BCUT2D eigenvalue weighted by molar-refractivity contribution is -0.132. The van der Waals surface area contributed by atoms with Gasteiger partial charge in [-0.25, -0.2) is 4.98 Å². The molecule has 1 aromatic carbocycles. The lowest BCUT2D eigenvalue weighted by Gasteiger charge is -2.25. The van der Waals surface area contributed by atoms with Gasteiger partial charge in [-0.1, -0.05) is 30.3 Å². The molecule has 0 bridgehead atoms. The first kappa shape index (κ1) is 16.4. The summed E-state index contributed by atoms with van der Waals surface area (Å²) in [6.45, 7) is 0.812. The topological polar surface area (TPSA) is 49.3 Å². The van der Waals surface area contributed by atoms with Crippen molar-refractivity contribution in [3.63, 3.8) is 0 Å². The van der Waals surface area contributed by atoms with Gasteiger partial charge in [0.1, 0.15) is 5.82 Å². The van der Waals surface area contributed by atoms with Crippen molar-refractivity contribution < 1.29 is 4.79 Å². The second-order valence-corrected chi connectivity index (χ2v) is 6.43. The maximum atomic E-state index is 12.7. The summed E-state index contributed by atoms with van der Waals surface area (Å²) in [6, 6.07) is 10.2. The van der Waals surface area contributed by atoms with Crippen LogP contribution in [-0.4, -0.2) is 41.4 Å². The average Bonchev–Trinajstić information content (AvgIpc) is 3.10.